The Bertz CT molecular complexity index is 1750. The monoisotopic (exact) mass is 665 g/mol. The van der Waals surface area contributed by atoms with Gasteiger partial charge in [0.1, 0.15) is 24.2 Å². The highest BCUT2D eigenvalue weighted by atomic mass is 35.5. The largest absolute Gasteiger partial charge is 0.495 e. The van der Waals surface area contributed by atoms with Gasteiger partial charge in [0.2, 0.25) is 11.8 Å². The Morgan fingerprint density at radius 3 is 2.15 bits per heavy atom. The van der Waals surface area contributed by atoms with E-state index < -0.39 is 40.2 Å². The molecule has 11 heteroatoms. The van der Waals surface area contributed by atoms with Crippen LogP contribution in [0.4, 0.5) is 10.1 Å². The first-order valence-corrected chi connectivity index (χ1v) is 16.5. The van der Waals surface area contributed by atoms with Gasteiger partial charge < -0.3 is 15.0 Å². The summed E-state index contributed by atoms with van der Waals surface area (Å²) in [6.45, 7) is 4.73. The van der Waals surface area contributed by atoms with Crippen LogP contribution in [0.5, 0.6) is 5.75 Å². The van der Waals surface area contributed by atoms with E-state index in [0.717, 1.165) is 15.4 Å². The fraction of sp³-hybridized carbons (Fsp3) is 0.257. The summed E-state index contributed by atoms with van der Waals surface area (Å²) in [5.41, 5.74) is 2.35. The summed E-state index contributed by atoms with van der Waals surface area (Å²) < 4.78 is 48.4. The van der Waals surface area contributed by atoms with E-state index in [9.17, 15) is 22.4 Å². The molecule has 0 saturated heterocycles. The van der Waals surface area contributed by atoms with Crippen molar-refractivity contribution < 1.29 is 27.1 Å². The number of anilines is 1. The highest BCUT2D eigenvalue weighted by molar-refractivity contribution is 7.92. The van der Waals surface area contributed by atoms with E-state index in [0.29, 0.717) is 11.3 Å². The molecule has 8 nitrogen and oxygen atoms in total. The standard InChI is InChI=1S/C35H37ClFN3O5S/c1-24(2)38-35(42)32(20-26-8-6-5-7-9-26)39(22-27-12-14-28(37)15-13-27)34(41)23-40(29-16-19-33(45-4)31(36)21-29)46(43,44)30-17-10-25(3)11-18-30/h5-19,21,24,32H,20,22-23H2,1-4H3,(H,38,42). The second kappa shape index (κ2) is 15.2. The van der Waals surface area contributed by atoms with Crippen molar-refractivity contribution in [3.05, 3.63) is 125 Å². The molecule has 0 spiro atoms. The number of sulfonamides is 1. The van der Waals surface area contributed by atoms with Crippen LogP contribution in [-0.2, 0) is 32.6 Å². The van der Waals surface area contributed by atoms with Crippen LogP contribution in [0.15, 0.2) is 102 Å². The second-order valence-electron chi connectivity index (χ2n) is 11.2. The molecule has 1 unspecified atom stereocenters. The molecule has 0 heterocycles. The first-order chi connectivity index (χ1) is 21.9. The molecule has 0 aliphatic rings. The maximum atomic E-state index is 14.5. The number of ether oxygens (including phenoxy) is 1. The van der Waals surface area contributed by atoms with Gasteiger partial charge in [-0.3, -0.25) is 13.9 Å². The van der Waals surface area contributed by atoms with Crippen LogP contribution >= 0.6 is 11.6 Å². The van der Waals surface area contributed by atoms with Crippen LogP contribution in [0.1, 0.15) is 30.5 Å². The third kappa shape index (κ3) is 8.64. The molecule has 4 aromatic rings. The molecular weight excluding hydrogens is 629 g/mol. The Kier molecular flexibility index (Phi) is 11.4. The summed E-state index contributed by atoms with van der Waals surface area (Å²) in [6.07, 6.45) is 0.158. The Labute approximate surface area is 274 Å². The number of carbonyl (C=O) groups excluding carboxylic acids is 2. The Balaban J connectivity index is 1.82. The van der Waals surface area contributed by atoms with Crippen LogP contribution in [0.3, 0.4) is 0 Å². The third-order valence-corrected chi connectivity index (χ3v) is 9.36. The molecule has 2 amide bonds. The van der Waals surface area contributed by atoms with E-state index in [-0.39, 0.29) is 34.6 Å². The lowest BCUT2D eigenvalue weighted by molar-refractivity contribution is -0.140. The molecule has 0 radical (unpaired) electrons. The quantitative estimate of drug-likeness (QED) is 0.185. The number of amides is 2. The molecule has 4 aromatic carbocycles. The smallest absolute Gasteiger partial charge is 0.264 e. The minimum atomic E-state index is -4.30. The summed E-state index contributed by atoms with van der Waals surface area (Å²) >= 11 is 6.41. The van der Waals surface area contributed by atoms with Crippen LogP contribution in [0.25, 0.3) is 0 Å². The number of rotatable bonds is 13. The highest BCUT2D eigenvalue weighted by Crippen LogP contribution is 2.32. The average molecular weight is 666 g/mol. The van der Waals surface area contributed by atoms with Crippen molar-refractivity contribution >= 4 is 39.1 Å². The van der Waals surface area contributed by atoms with E-state index in [1.165, 1.54) is 66.6 Å². The van der Waals surface area contributed by atoms with Gasteiger partial charge in [0.25, 0.3) is 10.0 Å². The van der Waals surface area contributed by atoms with Crippen molar-refractivity contribution in [3.63, 3.8) is 0 Å². The van der Waals surface area contributed by atoms with Crippen molar-refractivity contribution in [2.75, 3.05) is 18.0 Å². The number of carbonyl (C=O) groups is 2. The molecule has 0 saturated carbocycles. The Morgan fingerprint density at radius 1 is 0.913 bits per heavy atom. The van der Waals surface area contributed by atoms with Gasteiger partial charge in [0.15, 0.2) is 0 Å². The zero-order valence-corrected chi connectivity index (χ0v) is 27.7. The van der Waals surface area contributed by atoms with Gasteiger partial charge in [0, 0.05) is 19.0 Å². The van der Waals surface area contributed by atoms with Gasteiger partial charge in [0.05, 0.1) is 22.7 Å². The van der Waals surface area contributed by atoms with Gasteiger partial charge in [-0.25, -0.2) is 12.8 Å². The van der Waals surface area contributed by atoms with Crippen molar-refractivity contribution in [1.29, 1.82) is 0 Å². The summed E-state index contributed by atoms with van der Waals surface area (Å²) in [5, 5.41) is 3.05. The van der Waals surface area contributed by atoms with Crippen molar-refractivity contribution in [2.45, 2.75) is 50.7 Å². The van der Waals surface area contributed by atoms with E-state index in [1.807, 2.05) is 51.1 Å². The number of nitrogens with zero attached hydrogens (tertiary/aromatic N) is 2. The van der Waals surface area contributed by atoms with Gasteiger partial charge in [-0.05, 0) is 74.4 Å². The topological polar surface area (TPSA) is 96.0 Å². The lowest BCUT2D eigenvalue weighted by Crippen LogP contribution is -2.54. The molecule has 1 N–H and O–H groups in total. The molecule has 0 aliphatic heterocycles. The molecule has 46 heavy (non-hydrogen) atoms. The van der Waals surface area contributed by atoms with Gasteiger partial charge >= 0.3 is 0 Å². The lowest BCUT2D eigenvalue weighted by Gasteiger charge is -2.34. The van der Waals surface area contributed by atoms with Crippen molar-refractivity contribution in [3.8, 4) is 5.75 Å². The normalized spacial score (nSPS) is 12.0. The zero-order chi connectivity index (χ0) is 33.4. The molecule has 0 aliphatic carbocycles. The molecule has 1 atom stereocenters. The van der Waals surface area contributed by atoms with Crippen LogP contribution in [0.2, 0.25) is 5.02 Å². The first-order valence-electron chi connectivity index (χ1n) is 14.7. The van der Waals surface area contributed by atoms with Crippen LogP contribution in [-0.4, -0.2) is 50.9 Å². The number of methoxy groups -OCH3 is 1. The number of aryl methyl sites for hydroxylation is 1. The lowest BCUT2D eigenvalue weighted by atomic mass is 10.0. The maximum Gasteiger partial charge on any atom is 0.264 e. The first kappa shape index (κ1) is 34.5. The fourth-order valence-electron chi connectivity index (χ4n) is 4.90. The van der Waals surface area contributed by atoms with Gasteiger partial charge in [-0.1, -0.05) is 71.8 Å². The molecule has 0 fully saturated rings. The molecule has 4 rings (SSSR count). The Hall–Kier alpha value is -4.41. The number of benzene rings is 4. The van der Waals surface area contributed by atoms with E-state index >= 15 is 0 Å². The maximum absolute atomic E-state index is 14.5. The van der Waals surface area contributed by atoms with E-state index in [1.54, 1.807) is 12.1 Å². The predicted molar refractivity (Wildman–Crippen MR) is 178 cm³/mol. The van der Waals surface area contributed by atoms with E-state index in [4.69, 9.17) is 16.3 Å². The predicted octanol–water partition coefficient (Wildman–Crippen LogP) is 6.16. The summed E-state index contributed by atoms with van der Waals surface area (Å²) in [5.74, 6) is -1.18. The van der Waals surface area contributed by atoms with Crippen molar-refractivity contribution in [2.24, 2.45) is 0 Å². The molecule has 0 aromatic heterocycles. The third-order valence-electron chi connectivity index (χ3n) is 7.28. The van der Waals surface area contributed by atoms with Crippen LogP contribution < -0.4 is 14.4 Å². The molecule has 242 valence electrons. The second-order valence-corrected chi connectivity index (χ2v) is 13.4. The SMILES string of the molecule is COc1ccc(N(CC(=O)N(Cc2ccc(F)cc2)C(Cc2ccccc2)C(=O)NC(C)C)S(=O)(=O)c2ccc(C)cc2)cc1Cl. The molecule has 0 bridgehead atoms. The minimum absolute atomic E-state index is 0.0266. The number of hydrogen-bond acceptors (Lipinski definition) is 5. The van der Waals surface area contributed by atoms with Crippen LogP contribution in [0, 0.1) is 12.7 Å². The van der Waals surface area contributed by atoms with Crippen molar-refractivity contribution in [1.82, 2.24) is 10.2 Å². The Morgan fingerprint density at radius 2 is 1.57 bits per heavy atom. The van der Waals surface area contributed by atoms with Gasteiger partial charge in [-0.15, -0.1) is 0 Å². The molecular formula is C35H37ClFN3O5S. The zero-order valence-electron chi connectivity index (χ0n) is 26.1. The number of halogens is 2. The van der Waals surface area contributed by atoms with Gasteiger partial charge in [-0.2, -0.15) is 0 Å². The summed E-state index contributed by atoms with van der Waals surface area (Å²) in [6, 6.07) is 24.3. The van der Waals surface area contributed by atoms with E-state index in [2.05, 4.69) is 5.32 Å². The number of hydrogen-bond donors (Lipinski definition) is 1. The number of nitrogens with one attached hydrogen (secondary N) is 1. The summed E-state index contributed by atoms with van der Waals surface area (Å²) in [7, 11) is -2.86. The average Bonchev–Trinajstić information content (AvgIpc) is 3.02. The highest BCUT2D eigenvalue weighted by Gasteiger charge is 2.35. The fourth-order valence-corrected chi connectivity index (χ4v) is 6.56. The minimum Gasteiger partial charge on any atom is -0.495 e. The summed E-state index contributed by atoms with van der Waals surface area (Å²) in [4.78, 5) is 29.5.